The van der Waals surface area contributed by atoms with Crippen LogP contribution >= 0.6 is 11.8 Å². The summed E-state index contributed by atoms with van der Waals surface area (Å²) in [5, 5.41) is 7.66. The zero-order chi connectivity index (χ0) is 18.9. The topological polar surface area (TPSA) is 64.1 Å². The number of hydrogen-bond donors (Lipinski definition) is 2. The van der Waals surface area contributed by atoms with E-state index in [2.05, 4.69) is 23.8 Å². The van der Waals surface area contributed by atoms with E-state index in [1.54, 1.807) is 21.3 Å². The predicted molar refractivity (Wildman–Crippen MR) is 109 cm³/mol. The minimum atomic E-state index is 0.484. The molecule has 0 aliphatic heterocycles. The van der Waals surface area contributed by atoms with E-state index in [1.165, 1.54) is 19.3 Å². The fourth-order valence-electron chi connectivity index (χ4n) is 3.25. The van der Waals surface area contributed by atoms with Gasteiger partial charge in [-0.05, 0) is 44.6 Å². The monoisotopic (exact) mass is 381 g/mol. The lowest BCUT2D eigenvalue weighted by Crippen LogP contribution is -2.42. The number of nitrogens with one attached hydrogen (secondary N) is 2. The van der Waals surface area contributed by atoms with Crippen LogP contribution in [0.1, 0.15) is 31.7 Å². The van der Waals surface area contributed by atoms with Crippen molar-refractivity contribution in [2.75, 3.05) is 34.1 Å². The minimum Gasteiger partial charge on any atom is -0.493 e. The summed E-state index contributed by atoms with van der Waals surface area (Å²) in [6.45, 7) is 3.40. The van der Waals surface area contributed by atoms with Gasteiger partial charge in [0.15, 0.2) is 17.5 Å². The Morgan fingerprint density at radius 3 is 2.50 bits per heavy atom. The highest BCUT2D eigenvalue weighted by Gasteiger charge is 2.24. The summed E-state index contributed by atoms with van der Waals surface area (Å²) >= 11 is 1.96. The SMILES string of the molecule is CCNC(=NCc1ccc(OC)c(OC)c1OC)NC1CCC(SC)C1. The molecule has 0 spiro atoms. The van der Waals surface area contributed by atoms with Gasteiger partial charge in [-0.3, -0.25) is 0 Å². The van der Waals surface area contributed by atoms with Crippen molar-refractivity contribution < 1.29 is 14.2 Å². The van der Waals surface area contributed by atoms with Gasteiger partial charge in [0, 0.05) is 23.4 Å². The van der Waals surface area contributed by atoms with E-state index in [0.29, 0.717) is 29.8 Å². The number of aliphatic imine (C=N–C) groups is 1. The third-order valence-electron chi connectivity index (χ3n) is 4.60. The molecule has 2 unspecified atom stereocenters. The summed E-state index contributed by atoms with van der Waals surface area (Å²) < 4.78 is 16.3. The largest absolute Gasteiger partial charge is 0.493 e. The van der Waals surface area contributed by atoms with E-state index in [4.69, 9.17) is 19.2 Å². The molecular formula is C19H31N3O3S. The zero-order valence-corrected chi connectivity index (χ0v) is 17.2. The van der Waals surface area contributed by atoms with Crippen molar-refractivity contribution in [2.24, 2.45) is 4.99 Å². The Balaban J connectivity index is 2.13. The summed E-state index contributed by atoms with van der Waals surface area (Å²) in [7, 11) is 4.86. The van der Waals surface area contributed by atoms with Crippen molar-refractivity contribution in [1.29, 1.82) is 0 Å². The van der Waals surface area contributed by atoms with Gasteiger partial charge >= 0.3 is 0 Å². The first-order valence-electron chi connectivity index (χ1n) is 9.02. The van der Waals surface area contributed by atoms with E-state index in [1.807, 2.05) is 23.9 Å². The van der Waals surface area contributed by atoms with Gasteiger partial charge in [-0.1, -0.05) is 0 Å². The maximum absolute atomic E-state index is 5.55. The van der Waals surface area contributed by atoms with Crippen LogP contribution in [0.3, 0.4) is 0 Å². The van der Waals surface area contributed by atoms with Crippen LogP contribution in [0.5, 0.6) is 17.2 Å². The van der Waals surface area contributed by atoms with E-state index < -0.39 is 0 Å². The van der Waals surface area contributed by atoms with Gasteiger partial charge in [0.25, 0.3) is 0 Å². The fourth-order valence-corrected chi connectivity index (χ4v) is 4.05. The molecule has 2 N–H and O–H groups in total. The molecule has 146 valence electrons. The highest BCUT2D eigenvalue weighted by Crippen LogP contribution is 2.40. The number of hydrogen-bond acceptors (Lipinski definition) is 5. The molecular weight excluding hydrogens is 350 g/mol. The van der Waals surface area contributed by atoms with Gasteiger partial charge in [-0.2, -0.15) is 11.8 Å². The number of ether oxygens (including phenoxy) is 3. The molecule has 1 aliphatic rings. The summed E-state index contributed by atoms with van der Waals surface area (Å²) in [5.41, 5.74) is 0.954. The predicted octanol–water partition coefficient (Wildman–Crippen LogP) is 3.05. The molecule has 2 rings (SSSR count). The second kappa shape index (κ2) is 10.4. The molecule has 0 amide bonds. The van der Waals surface area contributed by atoms with Crippen LogP contribution in [0.2, 0.25) is 0 Å². The van der Waals surface area contributed by atoms with Gasteiger partial charge < -0.3 is 24.8 Å². The summed E-state index contributed by atoms with van der Waals surface area (Å²) in [5.74, 6) is 2.75. The third kappa shape index (κ3) is 5.13. The highest BCUT2D eigenvalue weighted by molar-refractivity contribution is 7.99. The first kappa shape index (κ1) is 20.6. The van der Waals surface area contributed by atoms with Crippen LogP contribution in [0.15, 0.2) is 17.1 Å². The molecule has 1 aliphatic carbocycles. The maximum atomic E-state index is 5.55. The molecule has 7 heteroatoms. The quantitative estimate of drug-likeness (QED) is 0.533. The van der Waals surface area contributed by atoms with E-state index in [0.717, 1.165) is 23.3 Å². The number of thioether (sulfide) groups is 1. The average molecular weight is 382 g/mol. The number of nitrogens with zero attached hydrogens (tertiary/aromatic N) is 1. The molecule has 1 aromatic rings. The van der Waals surface area contributed by atoms with Crippen LogP contribution in [0.25, 0.3) is 0 Å². The second-order valence-corrected chi connectivity index (χ2v) is 7.34. The summed E-state index contributed by atoms with van der Waals surface area (Å²) in [6.07, 6.45) is 5.83. The van der Waals surface area contributed by atoms with Crippen LogP contribution in [-0.2, 0) is 6.54 Å². The molecule has 1 fully saturated rings. The second-order valence-electron chi connectivity index (χ2n) is 6.20. The van der Waals surface area contributed by atoms with Gasteiger partial charge in [0.2, 0.25) is 5.75 Å². The van der Waals surface area contributed by atoms with Crippen molar-refractivity contribution in [1.82, 2.24) is 10.6 Å². The van der Waals surface area contributed by atoms with Crippen LogP contribution in [-0.4, -0.2) is 51.4 Å². The van der Waals surface area contributed by atoms with Gasteiger partial charge in [-0.25, -0.2) is 4.99 Å². The molecule has 0 heterocycles. The van der Waals surface area contributed by atoms with E-state index >= 15 is 0 Å². The Morgan fingerprint density at radius 1 is 1.15 bits per heavy atom. The van der Waals surface area contributed by atoms with E-state index in [9.17, 15) is 0 Å². The molecule has 1 saturated carbocycles. The summed E-state index contributed by atoms with van der Waals surface area (Å²) in [4.78, 5) is 4.75. The Labute approximate surface area is 161 Å². The summed E-state index contributed by atoms with van der Waals surface area (Å²) in [6, 6.07) is 4.33. The molecule has 6 nitrogen and oxygen atoms in total. The lowest BCUT2D eigenvalue weighted by atomic mass is 10.1. The number of rotatable bonds is 8. The minimum absolute atomic E-state index is 0.484. The van der Waals surface area contributed by atoms with Crippen molar-refractivity contribution in [3.05, 3.63) is 17.7 Å². The molecule has 26 heavy (non-hydrogen) atoms. The first-order chi connectivity index (χ1) is 12.7. The Hall–Kier alpha value is -1.76. The first-order valence-corrected chi connectivity index (χ1v) is 10.3. The van der Waals surface area contributed by atoms with Crippen LogP contribution in [0, 0.1) is 0 Å². The molecule has 0 bridgehead atoms. The Kier molecular flexibility index (Phi) is 8.22. The number of guanidine groups is 1. The normalized spacial score (nSPS) is 20.0. The lowest BCUT2D eigenvalue weighted by Gasteiger charge is -2.18. The van der Waals surface area contributed by atoms with Crippen LogP contribution in [0.4, 0.5) is 0 Å². The Morgan fingerprint density at radius 2 is 1.92 bits per heavy atom. The highest BCUT2D eigenvalue weighted by atomic mass is 32.2. The van der Waals surface area contributed by atoms with Crippen molar-refractivity contribution in [3.8, 4) is 17.2 Å². The van der Waals surface area contributed by atoms with Crippen molar-refractivity contribution in [3.63, 3.8) is 0 Å². The average Bonchev–Trinajstić information content (AvgIpc) is 3.12. The van der Waals surface area contributed by atoms with Gasteiger partial charge in [0.1, 0.15) is 0 Å². The third-order valence-corrected chi connectivity index (χ3v) is 5.69. The molecule has 1 aromatic carbocycles. The standard InChI is InChI=1S/C19H31N3O3S/c1-6-20-19(22-14-8-9-15(11-14)26-5)21-12-13-7-10-16(23-2)18(25-4)17(13)24-3/h7,10,14-15H,6,8-9,11-12H2,1-5H3,(H2,20,21,22). The fraction of sp³-hybridized carbons (Fsp3) is 0.632. The zero-order valence-electron chi connectivity index (χ0n) is 16.4. The smallest absolute Gasteiger partial charge is 0.203 e. The number of methoxy groups -OCH3 is 3. The van der Waals surface area contributed by atoms with Gasteiger partial charge in [0.05, 0.1) is 27.9 Å². The van der Waals surface area contributed by atoms with E-state index in [-0.39, 0.29) is 0 Å². The number of benzene rings is 1. The van der Waals surface area contributed by atoms with Crippen molar-refractivity contribution >= 4 is 17.7 Å². The van der Waals surface area contributed by atoms with Gasteiger partial charge in [-0.15, -0.1) is 0 Å². The lowest BCUT2D eigenvalue weighted by molar-refractivity contribution is 0.322. The molecule has 2 atom stereocenters. The van der Waals surface area contributed by atoms with Crippen LogP contribution < -0.4 is 24.8 Å². The molecule has 0 aromatic heterocycles. The Bertz CT molecular complexity index is 610. The van der Waals surface area contributed by atoms with Crippen molar-refractivity contribution in [2.45, 2.75) is 44.0 Å². The molecule has 0 saturated heterocycles. The molecule has 0 radical (unpaired) electrons. The maximum Gasteiger partial charge on any atom is 0.203 e.